The van der Waals surface area contributed by atoms with Gasteiger partial charge in [0.15, 0.2) is 11.8 Å². The van der Waals surface area contributed by atoms with E-state index < -0.39 is 6.17 Å². The Kier molecular flexibility index (Phi) is 4.17. The fourth-order valence-electron chi connectivity index (χ4n) is 4.20. The molecule has 2 bridgehead atoms. The summed E-state index contributed by atoms with van der Waals surface area (Å²) in [5.74, 6) is 1.07. The smallest absolute Gasteiger partial charge is 0.257 e. The summed E-state index contributed by atoms with van der Waals surface area (Å²) in [6.45, 7) is 5.74. The number of rotatable bonds is 2. The molecule has 0 spiro atoms. The lowest BCUT2D eigenvalue weighted by molar-refractivity contribution is 0.171. The minimum Gasteiger partial charge on any atom is -0.472 e. The molecular weight excluding hydrogens is 411 g/mol. The molecule has 10 heteroatoms. The molecule has 0 aromatic carbocycles. The maximum absolute atomic E-state index is 14.9. The highest BCUT2D eigenvalue weighted by molar-refractivity contribution is 5.79. The van der Waals surface area contributed by atoms with Gasteiger partial charge in [-0.2, -0.15) is 10.1 Å². The number of hydrogen-bond donors (Lipinski definition) is 1. The molecule has 0 radical (unpaired) electrons. The number of nitrogens with zero attached hydrogens (tertiary/aromatic N) is 7. The zero-order valence-corrected chi connectivity index (χ0v) is 18.1. The standard InChI is InChI=1S/C22H23FN8O/c1-11-6-17(13(3)24-7-11)31-19(14-4-5-14)18-21(29-31)32-10-15(23)9-30-20-16(12(2)28-30)8-25-22(26-18)27-20/h6-8,14-15H,4-5,9-10H2,1-3H3,(H,25,26,27). The Morgan fingerprint density at radius 2 is 1.94 bits per heavy atom. The van der Waals surface area contributed by atoms with Crippen LogP contribution in [0.1, 0.15) is 41.4 Å². The molecule has 1 fully saturated rings. The van der Waals surface area contributed by atoms with E-state index in [2.05, 4.69) is 31.4 Å². The van der Waals surface area contributed by atoms with Crippen molar-refractivity contribution in [2.45, 2.75) is 52.2 Å². The monoisotopic (exact) mass is 434 g/mol. The maximum atomic E-state index is 14.9. The van der Waals surface area contributed by atoms with Crippen molar-refractivity contribution in [1.82, 2.24) is 34.5 Å². The Bertz CT molecular complexity index is 1360. The zero-order chi connectivity index (χ0) is 22.0. The molecule has 2 aliphatic rings. The van der Waals surface area contributed by atoms with E-state index in [1.165, 1.54) is 0 Å². The zero-order valence-electron chi connectivity index (χ0n) is 18.1. The second-order valence-electron chi connectivity index (χ2n) is 8.60. The van der Waals surface area contributed by atoms with Crippen LogP contribution in [0.5, 0.6) is 5.88 Å². The molecule has 0 amide bonds. The van der Waals surface area contributed by atoms with Gasteiger partial charge in [0.2, 0.25) is 5.95 Å². The summed E-state index contributed by atoms with van der Waals surface area (Å²) in [6.07, 6.45) is 4.40. The average Bonchev–Trinajstić information content (AvgIpc) is 3.48. The first-order valence-corrected chi connectivity index (χ1v) is 10.8. The summed E-state index contributed by atoms with van der Waals surface area (Å²) in [7, 11) is 0. The van der Waals surface area contributed by atoms with Crippen LogP contribution in [0.4, 0.5) is 16.0 Å². The van der Waals surface area contributed by atoms with Crippen molar-refractivity contribution in [3.63, 3.8) is 0 Å². The second-order valence-corrected chi connectivity index (χ2v) is 8.60. The van der Waals surface area contributed by atoms with E-state index in [1.54, 1.807) is 10.9 Å². The number of alkyl halides is 1. The van der Waals surface area contributed by atoms with E-state index in [0.717, 1.165) is 46.6 Å². The molecule has 4 aromatic rings. The molecule has 9 nitrogen and oxygen atoms in total. The van der Waals surface area contributed by atoms with Crippen LogP contribution in [-0.4, -0.2) is 47.3 Å². The Morgan fingerprint density at radius 3 is 2.75 bits per heavy atom. The van der Waals surface area contributed by atoms with Gasteiger partial charge in [-0.25, -0.2) is 18.7 Å². The van der Waals surface area contributed by atoms with Crippen molar-refractivity contribution < 1.29 is 9.13 Å². The van der Waals surface area contributed by atoms with E-state index in [4.69, 9.17) is 9.84 Å². The van der Waals surface area contributed by atoms with Gasteiger partial charge in [0.1, 0.15) is 12.3 Å². The van der Waals surface area contributed by atoms with Crippen LogP contribution in [-0.2, 0) is 6.54 Å². The van der Waals surface area contributed by atoms with Gasteiger partial charge < -0.3 is 10.1 Å². The number of nitrogens with one attached hydrogen (secondary N) is 1. The molecule has 1 unspecified atom stereocenters. The number of anilines is 2. The molecule has 4 aromatic heterocycles. The van der Waals surface area contributed by atoms with Crippen molar-refractivity contribution in [1.29, 1.82) is 0 Å². The SMILES string of the molecule is Cc1cnc(C)c(-n2nc3c(c2C2CC2)Nc2ncc4c(C)nn(c4n2)CC(F)CO3)c1. The highest BCUT2D eigenvalue weighted by Crippen LogP contribution is 2.48. The molecule has 164 valence electrons. The largest absolute Gasteiger partial charge is 0.472 e. The summed E-state index contributed by atoms with van der Waals surface area (Å²) in [6, 6.07) is 2.06. The molecule has 32 heavy (non-hydrogen) atoms. The molecule has 0 saturated heterocycles. The number of hydrogen-bond acceptors (Lipinski definition) is 7. The van der Waals surface area contributed by atoms with E-state index in [1.807, 2.05) is 31.6 Å². The highest BCUT2D eigenvalue weighted by atomic mass is 19.1. The fraction of sp³-hybridized carbons (Fsp3) is 0.409. The second kappa shape index (κ2) is 6.98. The van der Waals surface area contributed by atoms with Gasteiger partial charge in [-0.3, -0.25) is 4.98 Å². The summed E-state index contributed by atoms with van der Waals surface area (Å²) >= 11 is 0. The number of ether oxygens (including phenoxy) is 1. The molecule has 6 rings (SSSR count). The Morgan fingerprint density at radius 1 is 1.09 bits per heavy atom. The van der Waals surface area contributed by atoms with Gasteiger partial charge in [-0.15, -0.1) is 5.10 Å². The summed E-state index contributed by atoms with van der Waals surface area (Å²) in [5, 5.41) is 13.3. The Balaban J connectivity index is 1.55. The number of aromatic nitrogens is 7. The molecule has 1 saturated carbocycles. The highest BCUT2D eigenvalue weighted by Gasteiger charge is 2.35. The number of fused-ring (bicyclic) bond motifs is 2. The lowest BCUT2D eigenvalue weighted by Crippen LogP contribution is -2.20. The first-order valence-electron chi connectivity index (χ1n) is 10.8. The minimum absolute atomic E-state index is 0.0488. The van der Waals surface area contributed by atoms with Crippen molar-refractivity contribution in [2.75, 3.05) is 11.9 Å². The number of aryl methyl sites for hydroxylation is 3. The van der Waals surface area contributed by atoms with Crippen LogP contribution in [0.25, 0.3) is 16.7 Å². The molecule has 1 aliphatic carbocycles. The fourth-order valence-corrected chi connectivity index (χ4v) is 4.20. The van der Waals surface area contributed by atoms with Crippen LogP contribution < -0.4 is 10.1 Å². The van der Waals surface area contributed by atoms with Crippen LogP contribution in [0.3, 0.4) is 0 Å². The quantitative estimate of drug-likeness (QED) is 0.514. The molecule has 1 aliphatic heterocycles. The van der Waals surface area contributed by atoms with Gasteiger partial charge in [-0.05, 0) is 45.2 Å². The van der Waals surface area contributed by atoms with Gasteiger partial charge in [-0.1, -0.05) is 0 Å². The molecule has 1 N–H and O–H groups in total. The number of halogens is 1. The van der Waals surface area contributed by atoms with Gasteiger partial charge >= 0.3 is 0 Å². The predicted octanol–water partition coefficient (Wildman–Crippen LogP) is 3.68. The van der Waals surface area contributed by atoms with Crippen LogP contribution >= 0.6 is 0 Å². The first-order chi connectivity index (χ1) is 15.5. The molecular formula is C22H23FN8O. The topological polar surface area (TPSA) is 95.6 Å². The van der Waals surface area contributed by atoms with E-state index in [9.17, 15) is 4.39 Å². The third kappa shape index (κ3) is 3.09. The lowest BCUT2D eigenvalue weighted by atomic mass is 10.2. The van der Waals surface area contributed by atoms with Crippen LogP contribution in [0.15, 0.2) is 18.5 Å². The first kappa shape index (κ1) is 19.1. The lowest BCUT2D eigenvalue weighted by Gasteiger charge is -2.11. The van der Waals surface area contributed by atoms with E-state index >= 15 is 0 Å². The van der Waals surface area contributed by atoms with E-state index in [-0.39, 0.29) is 13.2 Å². The van der Waals surface area contributed by atoms with Gasteiger partial charge in [0.25, 0.3) is 5.88 Å². The van der Waals surface area contributed by atoms with Crippen molar-refractivity contribution in [3.05, 3.63) is 41.1 Å². The summed E-state index contributed by atoms with van der Waals surface area (Å²) in [4.78, 5) is 13.6. The predicted molar refractivity (Wildman–Crippen MR) is 117 cm³/mol. The van der Waals surface area contributed by atoms with Crippen molar-refractivity contribution >= 4 is 22.7 Å². The van der Waals surface area contributed by atoms with Crippen molar-refractivity contribution in [2.24, 2.45) is 0 Å². The summed E-state index contributed by atoms with van der Waals surface area (Å²) < 4.78 is 24.3. The molecule has 5 heterocycles. The van der Waals surface area contributed by atoms with Crippen LogP contribution in [0, 0.1) is 20.8 Å². The Labute approximate surface area is 183 Å². The summed E-state index contributed by atoms with van der Waals surface area (Å²) in [5.41, 5.74) is 5.83. The molecule has 1 atom stereocenters. The van der Waals surface area contributed by atoms with E-state index in [0.29, 0.717) is 29.1 Å². The number of pyridine rings is 1. The van der Waals surface area contributed by atoms with Crippen molar-refractivity contribution in [3.8, 4) is 11.6 Å². The third-order valence-electron chi connectivity index (χ3n) is 5.96. The Hall–Kier alpha value is -3.56. The maximum Gasteiger partial charge on any atom is 0.257 e. The average molecular weight is 434 g/mol. The third-order valence-corrected chi connectivity index (χ3v) is 5.96. The minimum atomic E-state index is -1.27. The van der Waals surface area contributed by atoms with Gasteiger partial charge in [0.05, 0.1) is 34.7 Å². The normalized spacial score (nSPS) is 18.2. The van der Waals surface area contributed by atoms with Crippen LogP contribution in [0.2, 0.25) is 0 Å². The van der Waals surface area contributed by atoms with Gasteiger partial charge in [0, 0.05) is 18.3 Å².